The van der Waals surface area contributed by atoms with Crippen LogP contribution in [-0.2, 0) is 33.3 Å². The van der Waals surface area contributed by atoms with Crippen LogP contribution in [0.4, 0.5) is 39.8 Å². The fourth-order valence-electron chi connectivity index (χ4n) is 7.75. The molecule has 0 saturated carbocycles. The van der Waals surface area contributed by atoms with Gasteiger partial charge in [-0.3, -0.25) is 4.79 Å². The minimum atomic E-state index is -4.81. The van der Waals surface area contributed by atoms with E-state index in [-0.39, 0.29) is 55.3 Å². The molecule has 3 aromatic carbocycles. The number of esters is 1. The Morgan fingerprint density at radius 2 is 1.64 bits per heavy atom. The largest absolute Gasteiger partial charge is 0.436 e. The Kier molecular flexibility index (Phi) is 12.2. The number of amides is 4. The summed E-state index contributed by atoms with van der Waals surface area (Å²) in [7, 11) is 0. The summed E-state index contributed by atoms with van der Waals surface area (Å²) in [5.74, 6) is -0.402. The van der Waals surface area contributed by atoms with E-state index >= 15 is 0 Å². The van der Waals surface area contributed by atoms with E-state index < -0.39 is 41.5 Å². The van der Waals surface area contributed by atoms with Crippen molar-refractivity contribution in [3.8, 4) is 0 Å². The normalized spacial score (nSPS) is 18.1. The van der Waals surface area contributed by atoms with E-state index in [1.165, 1.54) is 15.9 Å². The summed E-state index contributed by atoms with van der Waals surface area (Å²) in [5.41, 5.74) is 6.96. The van der Waals surface area contributed by atoms with Gasteiger partial charge in [-0.25, -0.2) is 14.4 Å². The van der Waals surface area contributed by atoms with Crippen molar-refractivity contribution in [1.82, 2.24) is 14.7 Å². The summed E-state index contributed by atoms with van der Waals surface area (Å²) < 4.78 is 53.1. The molecule has 0 aromatic heterocycles. The number of ether oxygens (including phenoxy) is 2. The molecule has 0 radical (unpaired) electrons. The van der Waals surface area contributed by atoms with Crippen LogP contribution in [0.25, 0.3) is 0 Å². The van der Waals surface area contributed by atoms with Gasteiger partial charge in [0.15, 0.2) is 6.10 Å². The first-order valence-corrected chi connectivity index (χ1v) is 19.7. The maximum atomic E-state index is 14.1. The van der Waals surface area contributed by atoms with Gasteiger partial charge in [-0.05, 0) is 85.4 Å². The van der Waals surface area contributed by atoms with Gasteiger partial charge in [-0.1, -0.05) is 42.0 Å². The van der Waals surface area contributed by atoms with Crippen LogP contribution in [0.3, 0.4) is 0 Å². The van der Waals surface area contributed by atoms with Crippen LogP contribution in [0.5, 0.6) is 0 Å². The van der Waals surface area contributed by atoms with Crippen LogP contribution >= 0.6 is 11.6 Å². The van der Waals surface area contributed by atoms with Gasteiger partial charge in [0.05, 0.1) is 21.8 Å². The number of carbonyl (C=O) groups excluding carboxylic acids is 4. The maximum Gasteiger partial charge on any atom is 0.418 e. The number of alkyl halides is 3. The number of halogens is 4. The van der Waals surface area contributed by atoms with E-state index in [0.29, 0.717) is 56.6 Å². The van der Waals surface area contributed by atoms with Gasteiger partial charge in [0.25, 0.3) is 5.91 Å². The predicted octanol–water partition coefficient (Wildman–Crippen LogP) is 7.28. The van der Waals surface area contributed by atoms with Gasteiger partial charge in [0.2, 0.25) is 0 Å². The summed E-state index contributed by atoms with van der Waals surface area (Å²) in [4.78, 5) is 60.4. The Hall–Kier alpha value is -5.70. The molecule has 7 rings (SSSR count). The van der Waals surface area contributed by atoms with Gasteiger partial charge in [-0.15, -0.1) is 0 Å². The van der Waals surface area contributed by atoms with Crippen LogP contribution in [0.1, 0.15) is 52.7 Å². The van der Waals surface area contributed by atoms with Gasteiger partial charge in [-0.2, -0.15) is 13.2 Å². The molecule has 2 saturated heterocycles. The molecule has 3 aromatic rings. The number of nitrogens with one attached hydrogen (secondary N) is 1. The Labute approximate surface area is 339 Å². The topological polar surface area (TPSA) is 138 Å². The zero-order chi connectivity index (χ0) is 41.0. The van der Waals surface area contributed by atoms with Crippen molar-refractivity contribution >= 4 is 52.7 Å². The second-order valence-corrected chi connectivity index (χ2v) is 15.1. The highest BCUT2D eigenvalue weighted by atomic mass is 35.5. The van der Waals surface area contributed by atoms with Crippen molar-refractivity contribution in [1.29, 1.82) is 0 Å². The summed E-state index contributed by atoms with van der Waals surface area (Å²) in [5, 5.41) is 2.64. The smallest absolute Gasteiger partial charge is 0.418 e. The molecule has 4 amide bonds. The number of hydrogen-bond acceptors (Lipinski definition) is 8. The molecule has 306 valence electrons. The molecule has 3 aliphatic heterocycles. The number of carbonyl (C=O) groups is 4. The quantitative estimate of drug-likeness (QED) is 0.179. The molecule has 4 aliphatic rings. The SMILES string of the molecule is Nc1c(Cl)cc(C[C@@H](OC(=O)N2CCC(N3CCc4ccccc4NC3=O)CC2)C(=O)N2CCN(c3ccc(C(=O)OC4=CC=CCC4)cc3)CC2)cc1C(F)(F)F. The lowest BCUT2D eigenvalue weighted by molar-refractivity contribution is -0.141. The summed E-state index contributed by atoms with van der Waals surface area (Å²) >= 11 is 6.13. The average Bonchev–Trinajstić information content (AvgIpc) is 3.39. The standard InChI is InChI=1S/C42H44ClF3N6O6/c43-34-25-27(24-33(37(34)47)42(44,45)46)26-36(58-41(56)51-17-15-31(16-18-51)52-19-14-28-6-4-5-9-35(28)48-40(52)55)38(53)50-22-20-49(21-23-50)30-12-10-29(11-13-30)39(54)57-32-7-2-1-3-8-32/h1-2,4-7,9-13,24-25,31,36H,3,8,14-23,26,47H2,(H,48,55)/t36-/m1/s1. The number of fused-ring (bicyclic) bond motifs is 1. The number of piperazine rings is 1. The Morgan fingerprint density at radius 1 is 0.914 bits per heavy atom. The summed E-state index contributed by atoms with van der Waals surface area (Å²) in [6, 6.07) is 16.3. The average molecular weight is 821 g/mol. The second kappa shape index (κ2) is 17.4. The molecule has 58 heavy (non-hydrogen) atoms. The van der Waals surface area contributed by atoms with Crippen LogP contribution in [0.2, 0.25) is 5.02 Å². The third-order valence-electron chi connectivity index (χ3n) is 11.0. The third kappa shape index (κ3) is 9.36. The summed E-state index contributed by atoms with van der Waals surface area (Å²) in [6.07, 6.45) is 1.28. The van der Waals surface area contributed by atoms with Crippen LogP contribution in [0.15, 0.2) is 84.7 Å². The van der Waals surface area contributed by atoms with Crippen LogP contribution < -0.4 is 16.0 Å². The Morgan fingerprint density at radius 3 is 2.33 bits per heavy atom. The first kappa shape index (κ1) is 40.5. The fourth-order valence-corrected chi connectivity index (χ4v) is 8.00. The van der Waals surface area contributed by atoms with Gasteiger partial charge < -0.3 is 40.1 Å². The van der Waals surface area contributed by atoms with Crippen LogP contribution in [-0.4, -0.2) is 96.7 Å². The minimum Gasteiger partial charge on any atom is -0.436 e. The highest BCUT2D eigenvalue weighted by Crippen LogP contribution is 2.38. The van der Waals surface area contributed by atoms with E-state index in [0.717, 1.165) is 29.4 Å². The van der Waals surface area contributed by atoms with Crippen molar-refractivity contribution in [2.24, 2.45) is 0 Å². The van der Waals surface area contributed by atoms with E-state index in [1.54, 1.807) is 35.2 Å². The fraction of sp³-hybridized carbons (Fsp3) is 0.381. The molecule has 3 N–H and O–H groups in total. The zero-order valence-corrected chi connectivity index (χ0v) is 32.4. The molecule has 0 unspecified atom stereocenters. The summed E-state index contributed by atoms with van der Waals surface area (Å²) in [6.45, 7) is 2.30. The van der Waals surface area contributed by atoms with Gasteiger partial charge >= 0.3 is 24.3 Å². The molecule has 1 aliphatic carbocycles. The number of nitrogens with two attached hydrogens (primary N) is 1. The number of piperidine rings is 1. The number of rotatable bonds is 8. The highest BCUT2D eigenvalue weighted by molar-refractivity contribution is 6.33. The predicted molar refractivity (Wildman–Crippen MR) is 212 cm³/mol. The molecule has 2 fully saturated rings. The maximum absolute atomic E-state index is 14.1. The zero-order valence-electron chi connectivity index (χ0n) is 31.7. The Balaban J connectivity index is 1.00. The number of para-hydroxylation sites is 1. The number of benzene rings is 3. The first-order valence-electron chi connectivity index (χ1n) is 19.3. The second-order valence-electron chi connectivity index (χ2n) is 14.7. The number of allylic oxidation sites excluding steroid dienone is 4. The molecule has 0 spiro atoms. The monoisotopic (exact) mass is 820 g/mol. The molecule has 16 heteroatoms. The van der Waals surface area contributed by atoms with E-state index in [2.05, 4.69) is 5.32 Å². The third-order valence-corrected chi connectivity index (χ3v) is 11.3. The number of nitrogen functional groups attached to an aromatic ring is 1. The molecular formula is C42H44ClF3N6O6. The highest BCUT2D eigenvalue weighted by Gasteiger charge is 2.38. The number of likely N-dealkylation sites (tertiary alicyclic amines) is 1. The van der Waals surface area contributed by atoms with Crippen molar-refractivity contribution in [3.05, 3.63) is 112 Å². The van der Waals surface area contributed by atoms with Gasteiger partial charge in [0.1, 0.15) is 5.76 Å². The van der Waals surface area contributed by atoms with Crippen molar-refractivity contribution in [2.75, 3.05) is 61.8 Å². The number of hydrogen-bond donors (Lipinski definition) is 2. The van der Waals surface area contributed by atoms with E-state index in [1.807, 2.05) is 41.3 Å². The van der Waals surface area contributed by atoms with Crippen LogP contribution in [0, 0.1) is 0 Å². The van der Waals surface area contributed by atoms with Gasteiger partial charge in [0, 0.05) is 76.1 Å². The lowest BCUT2D eigenvalue weighted by atomic mass is 10.0. The first-order chi connectivity index (χ1) is 27.8. The molecule has 1 atom stereocenters. The number of urea groups is 1. The lowest BCUT2D eigenvalue weighted by Crippen LogP contribution is -2.54. The van der Waals surface area contributed by atoms with E-state index in [9.17, 15) is 32.3 Å². The van der Waals surface area contributed by atoms with Crippen molar-refractivity contribution < 1.29 is 41.8 Å². The lowest BCUT2D eigenvalue weighted by Gasteiger charge is -2.39. The van der Waals surface area contributed by atoms with Crippen molar-refractivity contribution in [2.45, 2.75) is 56.8 Å². The number of nitrogens with zero attached hydrogens (tertiary/aromatic N) is 4. The Bertz CT molecular complexity index is 2100. The number of anilines is 3. The van der Waals surface area contributed by atoms with E-state index in [4.69, 9.17) is 26.8 Å². The minimum absolute atomic E-state index is 0.0260. The molecule has 12 nitrogen and oxygen atoms in total. The molecule has 0 bridgehead atoms. The molecule has 3 heterocycles. The molecular weight excluding hydrogens is 777 g/mol. The van der Waals surface area contributed by atoms with Crippen molar-refractivity contribution in [3.63, 3.8) is 0 Å².